The molecule has 2 aliphatic heterocycles. The molecule has 6 heteroatoms. The maximum Gasteiger partial charge on any atom is 0.215 e. The lowest BCUT2D eigenvalue weighted by Gasteiger charge is -2.38. The molecule has 2 unspecified atom stereocenters. The summed E-state index contributed by atoms with van der Waals surface area (Å²) in [5, 5.41) is 17.6. The average molecular weight is 378 g/mol. The molecule has 0 radical (unpaired) electrons. The Labute approximate surface area is 161 Å². The van der Waals surface area contributed by atoms with Crippen molar-refractivity contribution in [1.29, 1.82) is 0 Å². The highest BCUT2D eigenvalue weighted by atomic mass is 35.5. The van der Waals surface area contributed by atoms with E-state index in [0.29, 0.717) is 17.0 Å². The van der Waals surface area contributed by atoms with Crippen molar-refractivity contribution in [3.8, 4) is 11.5 Å². The Kier molecular flexibility index (Phi) is 3.76. The van der Waals surface area contributed by atoms with Crippen molar-refractivity contribution >= 4 is 17.3 Å². The summed E-state index contributed by atoms with van der Waals surface area (Å²) in [6.45, 7) is 0. The van der Waals surface area contributed by atoms with Gasteiger partial charge in [0.15, 0.2) is 0 Å². The Balaban J connectivity index is 1.62. The molecule has 1 N–H and O–H groups in total. The predicted octanol–water partition coefficient (Wildman–Crippen LogP) is 4.68. The molecule has 3 heterocycles. The Morgan fingerprint density at radius 3 is 2.85 bits per heavy atom. The number of halogens is 1. The molecule has 0 bridgehead atoms. The van der Waals surface area contributed by atoms with Crippen molar-refractivity contribution in [2.24, 2.45) is 5.10 Å². The van der Waals surface area contributed by atoms with Crippen molar-refractivity contribution in [3.63, 3.8) is 0 Å². The second-order valence-corrected chi connectivity index (χ2v) is 7.04. The summed E-state index contributed by atoms with van der Waals surface area (Å²) < 4.78 is 6.26. The fourth-order valence-electron chi connectivity index (χ4n) is 3.68. The van der Waals surface area contributed by atoms with Crippen LogP contribution in [0.4, 0.5) is 0 Å². The SMILES string of the molecule is Oc1ccc(Cl)cc1C1=NN2C(C1)c1ccccc1OC2c1cccnc1. The highest BCUT2D eigenvalue weighted by Gasteiger charge is 2.41. The molecule has 0 fully saturated rings. The minimum absolute atomic E-state index is 0.0218. The number of phenolic OH excluding ortho intramolecular Hbond substituents is 1. The minimum Gasteiger partial charge on any atom is -0.507 e. The number of fused-ring (bicyclic) bond motifs is 3. The fourth-order valence-corrected chi connectivity index (χ4v) is 3.85. The van der Waals surface area contributed by atoms with Crippen LogP contribution in [-0.4, -0.2) is 20.8 Å². The van der Waals surface area contributed by atoms with E-state index in [2.05, 4.69) is 11.1 Å². The molecule has 5 rings (SSSR count). The van der Waals surface area contributed by atoms with Crippen LogP contribution in [0.3, 0.4) is 0 Å². The van der Waals surface area contributed by atoms with Gasteiger partial charge in [-0.2, -0.15) is 5.10 Å². The maximum absolute atomic E-state index is 10.3. The molecule has 2 aliphatic rings. The normalized spacial score (nSPS) is 20.5. The van der Waals surface area contributed by atoms with Gasteiger partial charge in [0.05, 0.1) is 11.8 Å². The van der Waals surface area contributed by atoms with Gasteiger partial charge >= 0.3 is 0 Å². The molecule has 1 aromatic heterocycles. The molecule has 0 aliphatic carbocycles. The number of para-hydroxylation sites is 1. The molecular formula is C21H16ClN3O2. The van der Waals surface area contributed by atoms with Crippen LogP contribution in [0.2, 0.25) is 5.02 Å². The number of aromatic hydroxyl groups is 1. The zero-order valence-corrected chi connectivity index (χ0v) is 15.0. The van der Waals surface area contributed by atoms with Gasteiger partial charge in [0, 0.05) is 40.5 Å². The largest absolute Gasteiger partial charge is 0.507 e. The first-order valence-electron chi connectivity index (χ1n) is 8.71. The topological polar surface area (TPSA) is 58.0 Å². The van der Waals surface area contributed by atoms with Crippen molar-refractivity contribution in [2.75, 3.05) is 0 Å². The van der Waals surface area contributed by atoms with Crippen LogP contribution in [0.25, 0.3) is 0 Å². The van der Waals surface area contributed by atoms with Gasteiger partial charge in [-0.05, 0) is 30.3 Å². The molecule has 27 heavy (non-hydrogen) atoms. The standard InChI is InChI=1S/C21H16ClN3O2/c22-14-7-8-19(26)16(10-14)17-11-18-15-5-1-2-6-20(15)27-21(25(18)24-17)13-4-3-9-23-12-13/h1-10,12,18,21,26H,11H2. The third-order valence-electron chi connectivity index (χ3n) is 4.94. The third-order valence-corrected chi connectivity index (χ3v) is 5.17. The smallest absolute Gasteiger partial charge is 0.215 e. The van der Waals surface area contributed by atoms with Crippen LogP contribution in [0, 0.1) is 0 Å². The number of nitrogens with zero attached hydrogens (tertiary/aromatic N) is 3. The minimum atomic E-state index is -0.377. The Bertz CT molecular complexity index is 1040. The van der Waals surface area contributed by atoms with Crippen LogP contribution in [-0.2, 0) is 0 Å². The van der Waals surface area contributed by atoms with Crippen molar-refractivity contribution < 1.29 is 9.84 Å². The molecule has 0 amide bonds. The first kappa shape index (κ1) is 16.1. The predicted molar refractivity (Wildman–Crippen MR) is 103 cm³/mol. The van der Waals surface area contributed by atoms with Crippen LogP contribution >= 0.6 is 11.6 Å². The summed E-state index contributed by atoms with van der Waals surface area (Å²) in [7, 11) is 0. The first-order valence-corrected chi connectivity index (χ1v) is 9.09. The molecule has 0 saturated carbocycles. The van der Waals surface area contributed by atoms with Crippen LogP contribution in [0.1, 0.15) is 35.4 Å². The molecule has 134 valence electrons. The van der Waals surface area contributed by atoms with Gasteiger partial charge in [-0.3, -0.25) is 4.98 Å². The second-order valence-electron chi connectivity index (χ2n) is 6.60. The van der Waals surface area contributed by atoms with E-state index in [4.69, 9.17) is 21.4 Å². The highest BCUT2D eigenvalue weighted by molar-refractivity contribution is 6.31. The van der Waals surface area contributed by atoms with E-state index in [9.17, 15) is 5.11 Å². The number of hydrazone groups is 1. The quantitative estimate of drug-likeness (QED) is 0.704. The fraction of sp³-hybridized carbons (Fsp3) is 0.143. The highest BCUT2D eigenvalue weighted by Crippen LogP contribution is 2.47. The van der Waals surface area contributed by atoms with Crippen LogP contribution in [0.15, 0.2) is 72.1 Å². The molecule has 0 saturated heterocycles. The Morgan fingerprint density at radius 2 is 2.00 bits per heavy atom. The number of ether oxygens (including phenoxy) is 1. The average Bonchev–Trinajstić information content (AvgIpc) is 3.15. The first-order chi connectivity index (χ1) is 13.2. The number of pyridine rings is 1. The van der Waals surface area contributed by atoms with Crippen LogP contribution in [0.5, 0.6) is 11.5 Å². The van der Waals surface area contributed by atoms with Crippen molar-refractivity contribution in [3.05, 3.63) is 88.7 Å². The van der Waals surface area contributed by atoms with Gasteiger partial charge in [-0.25, -0.2) is 5.01 Å². The number of aromatic nitrogens is 1. The van der Waals surface area contributed by atoms with Crippen molar-refractivity contribution in [1.82, 2.24) is 9.99 Å². The second kappa shape index (κ2) is 6.28. The van der Waals surface area contributed by atoms with Gasteiger partial charge in [-0.1, -0.05) is 35.9 Å². The van der Waals surface area contributed by atoms with Gasteiger partial charge in [0.25, 0.3) is 0 Å². The maximum atomic E-state index is 10.3. The summed E-state index contributed by atoms with van der Waals surface area (Å²) in [6.07, 6.45) is 3.81. The molecule has 5 nitrogen and oxygen atoms in total. The summed E-state index contributed by atoms with van der Waals surface area (Å²) in [6, 6.07) is 16.9. The lowest BCUT2D eigenvalue weighted by Crippen LogP contribution is -2.33. The monoisotopic (exact) mass is 377 g/mol. The van der Waals surface area contributed by atoms with E-state index in [1.165, 1.54) is 0 Å². The molecule has 3 aromatic rings. The number of hydrogen-bond donors (Lipinski definition) is 1. The third kappa shape index (κ3) is 2.71. The lowest BCUT2D eigenvalue weighted by molar-refractivity contribution is -0.0192. The number of benzene rings is 2. The summed E-state index contributed by atoms with van der Waals surface area (Å²) in [5.41, 5.74) is 3.45. The van der Waals surface area contributed by atoms with E-state index < -0.39 is 0 Å². The number of phenols is 1. The molecule has 0 spiro atoms. The number of hydrogen-bond acceptors (Lipinski definition) is 5. The van der Waals surface area contributed by atoms with E-state index in [1.54, 1.807) is 30.6 Å². The van der Waals surface area contributed by atoms with E-state index in [-0.39, 0.29) is 18.0 Å². The zero-order chi connectivity index (χ0) is 18.4. The summed E-state index contributed by atoms with van der Waals surface area (Å²) in [4.78, 5) is 4.22. The lowest BCUT2D eigenvalue weighted by atomic mass is 9.96. The van der Waals surface area contributed by atoms with Gasteiger partial charge < -0.3 is 9.84 Å². The Morgan fingerprint density at radius 1 is 1.11 bits per heavy atom. The molecular weight excluding hydrogens is 362 g/mol. The van der Waals surface area contributed by atoms with Gasteiger partial charge in [0.1, 0.15) is 11.5 Å². The van der Waals surface area contributed by atoms with E-state index >= 15 is 0 Å². The van der Waals surface area contributed by atoms with Gasteiger partial charge in [0.2, 0.25) is 6.23 Å². The Hall–Kier alpha value is -3.05. The van der Waals surface area contributed by atoms with Crippen LogP contribution < -0.4 is 4.74 Å². The molecule has 2 atom stereocenters. The van der Waals surface area contributed by atoms with Crippen molar-refractivity contribution in [2.45, 2.75) is 18.7 Å². The summed E-state index contributed by atoms with van der Waals surface area (Å²) >= 11 is 6.14. The zero-order valence-electron chi connectivity index (χ0n) is 14.3. The van der Waals surface area contributed by atoms with E-state index in [1.807, 2.05) is 35.3 Å². The van der Waals surface area contributed by atoms with E-state index in [0.717, 1.165) is 22.6 Å². The summed E-state index contributed by atoms with van der Waals surface area (Å²) in [5.74, 6) is 1.02. The molecule has 2 aromatic carbocycles. The number of rotatable bonds is 2. The van der Waals surface area contributed by atoms with Gasteiger partial charge in [-0.15, -0.1) is 0 Å².